The molecule has 3 rings (SSSR count). The third-order valence-corrected chi connectivity index (χ3v) is 3.76. The van der Waals surface area contributed by atoms with Crippen LogP contribution in [0.3, 0.4) is 0 Å². The fraction of sp³-hybridized carbons (Fsp3) is 0.562. The maximum absolute atomic E-state index is 12.4. The molecule has 2 aliphatic heterocycles. The molecular formula is C16H22N2O4. The Kier molecular flexibility index (Phi) is 3.87. The maximum atomic E-state index is 12.4. The first-order valence-corrected chi connectivity index (χ1v) is 7.53. The maximum Gasteiger partial charge on any atom is 0.317 e. The smallest absolute Gasteiger partial charge is 0.317 e. The highest BCUT2D eigenvalue weighted by molar-refractivity contribution is 5.74. The lowest BCUT2D eigenvalue weighted by atomic mass is 10.1. The lowest BCUT2D eigenvalue weighted by Gasteiger charge is -2.41. The zero-order valence-corrected chi connectivity index (χ0v) is 13.2. The first-order valence-electron chi connectivity index (χ1n) is 7.53. The summed E-state index contributed by atoms with van der Waals surface area (Å²) in [6.07, 6.45) is 0.0344. The van der Waals surface area contributed by atoms with Crippen LogP contribution in [-0.4, -0.2) is 42.5 Å². The number of carbonyl (C=O) groups excluding carboxylic acids is 1. The average molecular weight is 306 g/mol. The number of carbonyl (C=O) groups is 1. The van der Waals surface area contributed by atoms with Gasteiger partial charge in [0.05, 0.1) is 18.2 Å². The van der Waals surface area contributed by atoms with Gasteiger partial charge in [0.25, 0.3) is 0 Å². The second kappa shape index (κ2) is 5.68. The van der Waals surface area contributed by atoms with E-state index in [4.69, 9.17) is 14.2 Å². The monoisotopic (exact) mass is 306 g/mol. The van der Waals surface area contributed by atoms with Gasteiger partial charge in [-0.3, -0.25) is 0 Å². The number of nitrogens with one attached hydrogen (secondary N) is 1. The normalized spacial score (nSPS) is 22.5. The molecule has 1 saturated heterocycles. The van der Waals surface area contributed by atoms with Crippen LogP contribution < -0.4 is 14.8 Å². The zero-order valence-electron chi connectivity index (χ0n) is 13.2. The Morgan fingerprint density at radius 2 is 2.23 bits per heavy atom. The van der Waals surface area contributed by atoms with Crippen LogP contribution in [0, 0.1) is 0 Å². The topological polar surface area (TPSA) is 60.0 Å². The molecule has 0 aliphatic carbocycles. The minimum atomic E-state index is -0.319. The van der Waals surface area contributed by atoms with Crippen molar-refractivity contribution >= 4 is 6.03 Å². The predicted octanol–water partition coefficient (Wildman–Crippen LogP) is 2.12. The van der Waals surface area contributed by atoms with Crippen LogP contribution in [0.1, 0.15) is 26.3 Å². The van der Waals surface area contributed by atoms with Crippen molar-refractivity contribution in [3.8, 4) is 11.5 Å². The number of urea groups is 1. The van der Waals surface area contributed by atoms with E-state index < -0.39 is 0 Å². The summed E-state index contributed by atoms with van der Waals surface area (Å²) in [7, 11) is 0. The molecule has 120 valence electrons. The number of ether oxygens (including phenoxy) is 3. The molecule has 2 amide bonds. The number of hydrogen-bond donors (Lipinski definition) is 1. The van der Waals surface area contributed by atoms with E-state index in [1.807, 2.05) is 39.0 Å². The molecule has 1 aromatic rings. The van der Waals surface area contributed by atoms with Crippen molar-refractivity contribution in [3.05, 3.63) is 23.8 Å². The van der Waals surface area contributed by atoms with E-state index in [0.29, 0.717) is 19.6 Å². The first-order chi connectivity index (χ1) is 10.4. The average Bonchev–Trinajstić information content (AvgIpc) is 2.91. The van der Waals surface area contributed by atoms with Crippen molar-refractivity contribution in [1.29, 1.82) is 0 Å². The second-order valence-corrected chi connectivity index (χ2v) is 6.38. The number of morpholine rings is 1. The summed E-state index contributed by atoms with van der Waals surface area (Å²) < 4.78 is 16.6. The highest BCUT2D eigenvalue weighted by Gasteiger charge is 2.33. The van der Waals surface area contributed by atoms with Crippen LogP contribution in [0.5, 0.6) is 11.5 Å². The van der Waals surface area contributed by atoms with E-state index in [1.54, 1.807) is 4.90 Å². The van der Waals surface area contributed by atoms with Gasteiger partial charge in [-0.1, -0.05) is 12.1 Å². The summed E-state index contributed by atoms with van der Waals surface area (Å²) in [5.41, 5.74) is 0.601. The van der Waals surface area contributed by atoms with Gasteiger partial charge in [-0.15, -0.1) is 0 Å². The van der Waals surface area contributed by atoms with Gasteiger partial charge in [0.1, 0.15) is 0 Å². The molecule has 22 heavy (non-hydrogen) atoms. The third kappa shape index (κ3) is 3.11. The number of nitrogens with zero attached hydrogens (tertiary/aromatic N) is 1. The molecule has 0 radical (unpaired) electrons. The quantitative estimate of drug-likeness (QED) is 0.909. The van der Waals surface area contributed by atoms with Gasteiger partial charge in [-0.05, 0) is 26.8 Å². The van der Waals surface area contributed by atoms with E-state index in [2.05, 4.69) is 5.32 Å². The third-order valence-electron chi connectivity index (χ3n) is 3.76. The summed E-state index contributed by atoms with van der Waals surface area (Å²) in [5.74, 6) is 1.45. The van der Waals surface area contributed by atoms with Gasteiger partial charge in [-0.25, -0.2) is 4.79 Å². The van der Waals surface area contributed by atoms with Crippen molar-refractivity contribution in [2.45, 2.75) is 39.0 Å². The molecule has 1 N–H and O–H groups in total. The van der Waals surface area contributed by atoms with Crippen LogP contribution in [0.4, 0.5) is 4.79 Å². The van der Waals surface area contributed by atoms with Crippen molar-refractivity contribution in [3.63, 3.8) is 0 Å². The molecule has 0 saturated carbocycles. The van der Waals surface area contributed by atoms with E-state index >= 15 is 0 Å². The Morgan fingerprint density at radius 3 is 3.00 bits per heavy atom. The van der Waals surface area contributed by atoms with E-state index in [1.165, 1.54) is 0 Å². The van der Waals surface area contributed by atoms with Gasteiger partial charge < -0.3 is 24.4 Å². The largest absolute Gasteiger partial charge is 0.454 e. The van der Waals surface area contributed by atoms with Crippen molar-refractivity contribution in [2.75, 3.05) is 19.9 Å². The predicted molar refractivity (Wildman–Crippen MR) is 81.0 cm³/mol. The Hall–Kier alpha value is -1.95. The van der Waals surface area contributed by atoms with Gasteiger partial charge in [0.2, 0.25) is 6.79 Å². The number of hydrogen-bond acceptors (Lipinski definition) is 4. The van der Waals surface area contributed by atoms with E-state index in [-0.39, 0.29) is 24.5 Å². The van der Waals surface area contributed by atoms with Gasteiger partial charge in [0.15, 0.2) is 11.5 Å². The molecule has 2 heterocycles. The SMILES string of the molecule is CC1CN(C(=O)NCc2cccc3c2OCO3)CC(C)(C)O1. The number of rotatable bonds is 2. The zero-order chi connectivity index (χ0) is 15.7. The number of benzene rings is 1. The second-order valence-electron chi connectivity index (χ2n) is 6.38. The lowest BCUT2D eigenvalue weighted by molar-refractivity contribution is -0.117. The standard InChI is InChI=1S/C16H22N2O4/c1-11-8-18(9-16(2,3)22-11)15(19)17-7-12-5-4-6-13-14(12)21-10-20-13/h4-6,11H,7-10H2,1-3H3,(H,17,19). The Labute approximate surface area is 130 Å². The minimum absolute atomic E-state index is 0.0344. The minimum Gasteiger partial charge on any atom is -0.454 e. The van der Waals surface area contributed by atoms with Gasteiger partial charge >= 0.3 is 6.03 Å². The Morgan fingerprint density at radius 1 is 1.41 bits per heavy atom. The Bertz CT molecular complexity index is 573. The van der Waals surface area contributed by atoms with Crippen LogP contribution in [0.15, 0.2) is 18.2 Å². The van der Waals surface area contributed by atoms with Crippen LogP contribution >= 0.6 is 0 Å². The molecular weight excluding hydrogens is 284 g/mol. The molecule has 1 atom stereocenters. The molecule has 1 aromatic carbocycles. The molecule has 1 fully saturated rings. The molecule has 2 aliphatic rings. The summed E-state index contributed by atoms with van der Waals surface area (Å²) in [6, 6.07) is 5.61. The molecule has 0 bridgehead atoms. The highest BCUT2D eigenvalue weighted by Crippen LogP contribution is 2.35. The first kappa shape index (κ1) is 15.0. The fourth-order valence-corrected chi connectivity index (χ4v) is 3.02. The molecule has 0 aromatic heterocycles. The Balaban J connectivity index is 1.62. The highest BCUT2D eigenvalue weighted by atomic mass is 16.7. The van der Waals surface area contributed by atoms with E-state index in [0.717, 1.165) is 17.1 Å². The van der Waals surface area contributed by atoms with Crippen molar-refractivity contribution in [2.24, 2.45) is 0 Å². The summed E-state index contributed by atoms with van der Waals surface area (Å²) in [4.78, 5) is 14.2. The van der Waals surface area contributed by atoms with Crippen molar-refractivity contribution in [1.82, 2.24) is 10.2 Å². The lowest BCUT2D eigenvalue weighted by Crippen LogP contribution is -2.56. The van der Waals surface area contributed by atoms with Crippen LogP contribution in [0.2, 0.25) is 0 Å². The van der Waals surface area contributed by atoms with Gasteiger partial charge in [-0.2, -0.15) is 0 Å². The molecule has 6 nitrogen and oxygen atoms in total. The summed E-state index contributed by atoms with van der Waals surface area (Å²) in [6.45, 7) is 7.80. The van der Waals surface area contributed by atoms with Crippen LogP contribution in [0.25, 0.3) is 0 Å². The van der Waals surface area contributed by atoms with Crippen LogP contribution in [-0.2, 0) is 11.3 Å². The van der Waals surface area contributed by atoms with Gasteiger partial charge in [0, 0.05) is 18.7 Å². The van der Waals surface area contributed by atoms with E-state index in [9.17, 15) is 4.79 Å². The summed E-state index contributed by atoms with van der Waals surface area (Å²) in [5, 5.41) is 2.95. The molecule has 1 unspecified atom stereocenters. The number of amides is 2. The molecule has 0 spiro atoms. The number of para-hydroxylation sites is 1. The summed E-state index contributed by atoms with van der Waals surface area (Å²) >= 11 is 0. The molecule has 6 heteroatoms. The number of fused-ring (bicyclic) bond motifs is 1. The fourth-order valence-electron chi connectivity index (χ4n) is 3.02. The van der Waals surface area contributed by atoms with Crippen molar-refractivity contribution < 1.29 is 19.0 Å².